The van der Waals surface area contributed by atoms with Crippen LogP contribution in [0.5, 0.6) is 0 Å². The molecule has 0 aliphatic carbocycles. The molecule has 4 rings (SSSR count). The van der Waals surface area contributed by atoms with E-state index in [0.717, 1.165) is 0 Å². The summed E-state index contributed by atoms with van der Waals surface area (Å²) in [6, 6.07) is 17.0. The van der Waals surface area contributed by atoms with Gasteiger partial charge < -0.3 is 19.3 Å². The first kappa shape index (κ1) is 27.4. The van der Waals surface area contributed by atoms with E-state index in [0.29, 0.717) is 48.7 Å². The first-order chi connectivity index (χ1) is 18.0. The van der Waals surface area contributed by atoms with Gasteiger partial charge in [0.05, 0.1) is 30.3 Å². The highest BCUT2D eigenvalue weighted by molar-refractivity contribution is 7.90. The minimum atomic E-state index is -4.08. The zero-order valence-corrected chi connectivity index (χ0v) is 22.9. The topological polar surface area (TPSA) is 98.2 Å². The summed E-state index contributed by atoms with van der Waals surface area (Å²) >= 11 is 0. The number of hydrogen-bond acceptors (Lipinski definition) is 6. The van der Waals surface area contributed by atoms with Gasteiger partial charge in [-0.3, -0.25) is 4.79 Å². The standard InChI is InChI=1S/C28H33N3O6S/c1-28(2,3)37-27(33)29(4)19-21-17-25(22-9-6-5-7-10-22)31(20-21)38(34,35)24-12-8-11-23(18-24)26(32)30-13-15-36-16-14-30/h5-12,17-18,20H,13-16,19H2,1-4H3. The molecule has 10 heteroatoms. The van der Waals surface area contributed by atoms with Crippen LogP contribution in [0, 0.1) is 0 Å². The zero-order chi connectivity index (χ0) is 27.5. The van der Waals surface area contributed by atoms with Crippen molar-refractivity contribution in [2.24, 2.45) is 0 Å². The summed E-state index contributed by atoms with van der Waals surface area (Å²) in [5.74, 6) is -0.235. The molecule has 0 radical (unpaired) electrons. The molecule has 1 aliphatic heterocycles. The average molecular weight is 540 g/mol. The third-order valence-electron chi connectivity index (χ3n) is 5.97. The maximum atomic E-state index is 13.9. The van der Waals surface area contributed by atoms with E-state index < -0.39 is 21.7 Å². The molecule has 1 aliphatic rings. The summed E-state index contributed by atoms with van der Waals surface area (Å²) in [6.45, 7) is 7.32. The molecule has 3 aromatic rings. The van der Waals surface area contributed by atoms with E-state index in [-0.39, 0.29) is 17.3 Å². The summed E-state index contributed by atoms with van der Waals surface area (Å²) in [6.07, 6.45) is 0.998. The van der Waals surface area contributed by atoms with Gasteiger partial charge in [0.15, 0.2) is 0 Å². The Hall–Kier alpha value is -3.63. The van der Waals surface area contributed by atoms with E-state index in [1.165, 1.54) is 27.2 Å². The quantitative estimate of drug-likeness (QED) is 0.465. The highest BCUT2D eigenvalue weighted by Crippen LogP contribution is 2.28. The summed E-state index contributed by atoms with van der Waals surface area (Å²) in [5.41, 5.74) is 1.40. The van der Waals surface area contributed by atoms with E-state index >= 15 is 0 Å². The number of morpholine rings is 1. The van der Waals surface area contributed by atoms with Crippen LogP contribution in [0.2, 0.25) is 0 Å². The monoisotopic (exact) mass is 539 g/mol. The highest BCUT2D eigenvalue weighted by Gasteiger charge is 2.26. The lowest BCUT2D eigenvalue weighted by atomic mass is 10.1. The Kier molecular flexibility index (Phi) is 7.94. The van der Waals surface area contributed by atoms with Crippen LogP contribution in [0.4, 0.5) is 4.79 Å². The average Bonchev–Trinajstić information content (AvgIpc) is 3.33. The van der Waals surface area contributed by atoms with Crippen LogP contribution < -0.4 is 0 Å². The third kappa shape index (κ3) is 6.25. The molecular weight excluding hydrogens is 506 g/mol. The number of ether oxygens (including phenoxy) is 2. The molecule has 2 aromatic carbocycles. The van der Waals surface area contributed by atoms with Gasteiger partial charge in [-0.2, -0.15) is 0 Å². The summed E-state index contributed by atoms with van der Waals surface area (Å²) in [5, 5.41) is 0. The molecule has 0 unspecified atom stereocenters. The van der Waals surface area contributed by atoms with Gasteiger partial charge in [0.1, 0.15) is 5.60 Å². The lowest BCUT2D eigenvalue weighted by Crippen LogP contribution is -2.40. The van der Waals surface area contributed by atoms with Crippen LogP contribution in [0.25, 0.3) is 11.3 Å². The predicted octanol–water partition coefficient (Wildman–Crippen LogP) is 4.23. The van der Waals surface area contributed by atoms with Gasteiger partial charge in [-0.1, -0.05) is 36.4 Å². The molecule has 0 atom stereocenters. The summed E-state index contributed by atoms with van der Waals surface area (Å²) in [7, 11) is -2.48. The normalized spacial score (nSPS) is 14.3. The maximum Gasteiger partial charge on any atom is 0.410 e. The molecule has 2 amide bonds. The SMILES string of the molecule is CN(Cc1cc(-c2ccccc2)n(S(=O)(=O)c2cccc(C(=O)N3CCOCC3)c2)c1)C(=O)OC(C)(C)C. The number of aromatic nitrogens is 1. The lowest BCUT2D eigenvalue weighted by Gasteiger charge is -2.27. The van der Waals surface area contributed by atoms with Gasteiger partial charge >= 0.3 is 6.09 Å². The number of carbonyl (C=O) groups is 2. The molecule has 1 fully saturated rings. The summed E-state index contributed by atoms with van der Waals surface area (Å²) < 4.78 is 39.8. The Morgan fingerprint density at radius 2 is 1.68 bits per heavy atom. The molecule has 202 valence electrons. The number of rotatable bonds is 6. The molecule has 0 spiro atoms. The van der Waals surface area contributed by atoms with Crippen LogP contribution in [0.15, 0.2) is 71.8 Å². The highest BCUT2D eigenvalue weighted by atomic mass is 32.2. The van der Waals surface area contributed by atoms with Gasteiger partial charge in [0.25, 0.3) is 15.9 Å². The van der Waals surface area contributed by atoms with Crippen molar-refractivity contribution in [1.29, 1.82) is 0 Å². The van der Waals surface area contributed by atoms with E-state index in [1.54, 1.807) is 50.9 Å². The summed E-state index contributed by atoms with van der Waals surface area (Å²) in [4.78, 5) is 28.6. The molecule has 1 saturated heterocycles. The maximum absolute atomic E-state index is 13.9. The van der Waals surface area contributed by atoms with Crippen molar-refractivity contribution in [3.8, 4) is 11.3 Å². The zero-order valence-electron chi connectivity index (χ0n) is 22.1. The van der Waals surface area contributed by atoms with Crippen molar-refractivity contribution < 1.29 is 27.5 Å². The molecule has 2 heterocycles. The van der Waals surface area contributed by atoms with Crippen LogP contribution in [0.3, 0.4) is 0 Å². The van der Waals surface area contributed by atoms with Gasteiger partial charge in [0, 0.05) is 31.9 Å². The van der Waals surface area contributed by atoms with Gasteiger partial charge in [0.2, 0.25) is 0 Å². The third-order valence-corrected chi connectivity index (χ3v) is 7.64. The van der Waals surface area contributed by atoms with Crippen molar-refractivity contribution in [3.63, 3.8) is 0 Å². The van der Waals surface area contributed by atoms with Crippen molar-refractivity contribution in [3.05, 3.63) is 78.0 Å². The fourth-order valence-electron chi connectivity index (χ4n) is 4.13. The van der Waals surface area contributed by atoms with Crippen LogP contribution >= 0.6 is 0 Å². The second-order valence-corrected chi connectivity index (χ2v) is 12.0. The van der Waals surface area contributed by atoms with Crippen LogP contribution in [-0.2, 0) is 26.0 Å². The molecule has 0 N–H and O–H groups in total. The second kappa shape index (κ2) is 11.0. The number of carbonyl (C=O) groups excluding carboxylic acids is 2. The van der Waals surface area contributed by atoms with Gasteiger partial charge in [-0.15, -0.1) is 0 Å². The molecule has 1 aromatic heterocycles. The molecule has 0 saturated carbocycles. The fraction of sp³-hybridized carbons (Fsp3) is 0.357. The first-order valence-electron chi connectivity index (χ1n) is 12.4. The smallest absolute Gasteiger partial charge is 0.410 e. The number of hydrogen-bond donors (Lipinski definition) is 0. The van der Waals surface area contributed by atoms with E-state index in [1.807, 2.05) is 30.3 Å². The molecule has 9 nitrogen and oxygen atoms in total. The van der Waals surface area contributed by atoms with E-state index in [9.17, 15) is 18.0 Å². The Morgan fingerprint density at radius 3 is 2.34 bits per heavy atom. The molecular formula is C28H33N3O6S. The number of amides is 2. The largest absolute Gasteiger partial charge is 0.444 e. The molecule has 38 heavy (non-hydrogen) atoms. The second-order valence-electron chi connectivity index (χ2n) is 10.2. The van der Waals surface area contributed by atoms with Crippen molar-refractivity contribution in [1.82, 2.24) is 13.8 Å². The van der Waals surface area contributed by atoms with Crippen LogP contribution in [0.1, 0.15) is 36.7 Å². The number of benzene rings is 2. The predicted molar refractivity (Wildman–Crippen MR) is 143 cm³/mol. The minimum Gasteiger partial charge on any atom is -0.444 e. The Labute approximate surface area is 223 Å². The van der Waals surface area contributed by atoms with Crippen molar-refractivity contribution in [2.75, 3.05) is 33.4 Å². The van der Waals surface area contributed by atoms with Gasteiger partial charge in [-0.25, -0.2) is 17.2 Å². The van der Waals surface area contributed by atoms with E-state index in [2.05, 4.69) is 0 Å². The molecule has 0 bridgehead atoms. The lowest BCUT2D eigenvalue weighted by molar-refractivity contribution is 0.0284. The van der Waals surface area contributed by atoms with Crippen LogP contribution in [-0.4, -0.2) is 73.1 Å². The first-order valence-corrected chi connectivity index (χ1v) is 13.8. The minimum absolute atomic E-state index is 0.00330. The Balaban J connectivity index is 1.70. The Morgan fingerprint density at radius 1 is 1.00 bits per heavy atom. The fourth-order valence-corrected chi connectivity index (χ4v) is 5.58. The number of nitrogens with zero attached hydrogens (tertiary/aromatic N) is 3. The van der Waals surface area contributed by atoms with Gasteiger partial charge in [-0.05, 0) is 56.2 Å². The van der Waals surface area contributed by atoms with Crippen molar-refractivity contribution >= 4 is 22.0 Å². The Bertz CT molecular complexity index is 1400. The van der Waals surface area contributed by atoms with Crippen molar-refractivity contribution in [2.45, 2.75) is 37.8 Å². The van der Waals surface area contributed by atoms with E-state index in [4.69, 9.17) is 9.47 Å².